The molecule has 172 valence electrons. The van der Waals surface area contributed by atoms with Crippen molar-refractivity contribution in [1.29, 1.82) is 0 Å². The van der Waals surface area contributed by atoms with Crippen molar-refractivity contribution in [2.45, 2.75) is 39.2 Å². The maximum absolute atomic E-state index is 11.8. The van der Waals surface area contributed by atoms with E-state index in [0.717, 1.165) is 35.1 Å². The molecule has 0 unspecified atom stereocenters. The molecule has 0 saturated carbocycles. The fourth-order valence-corrected chi connectivity index (χ4v) is 3.48. The molecule has 2 aromatic rings. The van der Waals surface area contributed by atoms with Gasteiger partial charge in [0.25, 0.3) is 0 Å². The zero-order valence-electron chi connectivity index (χ0n) is 19.2. The van der Waals surface area contributed by atoms with Gasteiger partial charge in [-0.15, -0.1) is 0 Å². The lowest BCUT2D eigenvalue weighted by molar-refractivity contribution is 0.0405. The van der Waals surface area contributed by atoms with E-state index in [1.807, 2.05) is 54.6 Å². The Labute approximate surface area is 194 Å². The fraction of sp³-hybridized carbons (Fsp3) is 0.308. The molecule has 0 heterocycles. The second-order valence-corrected chi connectivity index (χ2v) is 8.52. The highest BCUT2D eigenvalue weighted by Crippen LogP contribution is 2.38. The summed E-state index contributed by atoms with van der Waals surface area (Å²) in [5, 5.41) is 14.4. The Kier molecular flexibility index (Phi) is 7.62. The third kappa shape index (κ3) is 6.30. The van der Waals surface area contributed by atoms with Crippen LogP contribution >= 0.6 is 0 Å². The van der Waals surface area contributed by atoms with Crippen LogP contribution in [0.2, 0.25) is 0 Å². The van der Waals surface area contributed by atoms with Crippen molar-refractivity contribution >= 4 is 11.8 Å². The summed E-state index contributed by atoms with van der Waals surface area (Å²) in [5.41, 5.74) is 6.36. The first kappa shape index (κ1) is 23.7. The van der Waals surface area contributed by atoms with Crippen molar-refractivity contribution in [2.24, 2.45) is 5.16 Å². The first-order chi connectivity index (χ1) is 15.8. The molecule has 0 spiro atoms. The van der Waals surface area contributed by atoms with Crippen molar-refractivity contribution in [1.82, 2.24) is 10.4 Å². The van der Waals surface area contributed by atoms with Crippen LogP contribution in [-0.4, -0.2) is 40.8 Å². The quantitative estimate of drug-likeness (QED) is 0.128. The van der Waals surface area contributed by atoms with Crippen LogP contribution in [0.3, 0.4) is 0 Å². The SMILES string of the molecule is C#CN(CCC/C=C/COc1ccc2c(c1)/C(=N/O)c1ccccc1-2)NC(=O)OC(C)(C)C. The molecule has 0 radical (unpaired) electrons. The molecule has 33 heavy (non-hydrogen) atoms. The van der Waals surface area contributed by atoms with Crippen LogP contribution in [0.1, 0.15) is 44.7 Å². The third-order valence-electron chi connectivity index (χ3n) is 4.86. The summed E-state index contributed by atoms with van der Waals surface area (Å²) in [6.45, 7) is 6.28. The highest BCUT2D eigenvalue weighted by molar-refractivity contribution is 6.24. The van der Waals surface area contributed by atoms with Gasteiger partial charge in [0.05, 0.1) is 0 Å². The molecule has 0 atom stereocenters. The number of ether oxygens (including phenoxy) is 2. The van der Waals surface area contributed by atoms with Crippen molar-refractivity contribution in [3.8, 4) is 29.3 Å². The zero-order chi connectivity index (χ0) is 23.8. The monoisotopic (exact) mass is 447 g/mol. The Morgan fingerprint density at radius 1 is 1.15 bits per heavy atom. The third-order valence-corrected chi connectivity index (χ3v) is 4.86. The average molecular weight is 448 g/mol. The van der Waals surface area contributed by atoms with E-state index >= 15 is 0 Å². The number of benzene rings is 2. The van der Waals surface area contributed by atoms with Gasteiger partial charge in [-0.2, -0.15) is 0 Å². The molecule has 3 rings (SSSR count). The van der Waals surface area contributed by atoms with Crippen molar-refractivity contribution in [2.75, 3.05) is 13.2 Å². The van der Waals surface area contributed by atoms with Gasteiger partial charge in [-0.3, -0.25) is 0 Å². The van der Waals surface area contributed by atoms with Crippen LogP contribution in [0, 0.1) is 12.5 Å². The maximum Gasteiger partial charge on any atom is 0.427 e. The summed E-state index contributed by atoms with van der Waals surface area (Å²) < 4.78 is 11.0. The molecule has 0 fully saturated rings. The largest absolute Gasteiger partial charge is 0.490 e. The highest BCUT2D eigenvalue weighted by atomic mass is 16.6. The summed E-state index contributed by atoms with van der Waals surface area (Å²) >= 11 is 0. The van der Waals surface area contributed by atoms with Crippen molar-refractivity contribution < 1.29 is 19.5 Å². The van der Waals surface area contributed by atoms with Gasteiger partial charge >= 0.3 is 6.09 Å². The van der Waals surface area contributed by atoms with Gasteiger partial charge in [-0.1, -0.05) is 48.0 Å². The number of oxime groups is 1. The molecule has 2 aromatic carbocycles. The number of terminal acetylenes is 1. The van der Waals surface area contributed by atoms with E-state index < -0.39 is 11.7 Å². The fourth-order valence-electron chi connectivity index (χ4n) is 3.48. The predicted molar refractivity (Wildman–Crippen MR) is 128 cm³/mol. The van der Waals surface area contributed by atoms with Gasteiger partial charge in [0.1, 0.15) is 23.7 Å². The molecule has 0 aromatic heterocycles. The topological polar surface area (TPSA) is 83.4 Å². The van der Waals surface area contributed by atoms with Crippen LogP contribution < -0.4 is 10.2 Å². The lowest BCUT2D eigenvalue weighted by atomic mass is 10.1. The minimum Gasteiger partial charge on any atom is -0.490 e. The highest BCUT2D eigenvalue weighted by Gasteiger charge is 2.25. The zero-order valence-corrected chi connectivity index (χ0v) is 19.2. The average Bonchev–Trinajstić information content (AvgIpc) is 3.09. The van der Waals surface area contributed by atoms with E-state index in [0.29, 0.717) is 24.6 Å². The number of allylic oxidation sites excluding steroid dienone is 1. The number of hydrogen-bond donors (Lipinski definition) is 2. The first-order valence-electron chi connectivity index (χ1n) is 10.8. The lowest BCUT2D eigenvalue weighted by Gasteiger charge is -2.23. The Hall–Kier alpha value is -3.92. The number of fused-ring (bicyclic) bond motifs is 3. The molecular formula is C26H29N3O4. The minimum atomic E-state index is -0.581. The summed E-state index contributed by atoms with van der Waals surface area (Å²) in [7, 11) is 0. The Balaban J connectivity index is 1.43. The minimum absolute atomic E-state index is 0.409. The standard InChI is InChI=1S/C26H29N3O4/c1-5-29(27-25(30)33-26(2,3)4)16-10-6-7-11-17-32-19-14-15-21-20-12-8-9-13-22(20)24(28-31)23(21)18-19/h1,7-9,11-15,18,31H,6,10,16-17H2,2-4H3,(H,27,30)/b11-7+,28-24+. The number of hydrazine groups is 1. The van der Waals surface area contributed by atoms with Gasteiger partial charge in [-0.05, 0) is 62.9 Å². The Morgan fingerprint density at radius 2 is 1.88 bits per heavy atom. The van der Waals surface area contributed by atoms with E-state index in [-0.39, 0.29) is 0 Å². The van der Waals surface area contributed by atoms with E-state index in [1.165, 1.54) is 5.01 Å². The molecule has 0 saturated heterocycles. The molecular weight excluding hydrogens is 418 g/mol. The smallest absolute Gasteiger partial charge is 0.427 e. The predicted octanol–water partition coefficient (Wildman–Crippen LogP) is 4.94. The second-order valence-electron chi connectivity index (χ2n) is 8.52. The molecule has 2 N–H and O–H groups in total. The van der Waals surface area contributed by atoms with E-state index in [9.17, 15) is 10.0 Å². The van der Waals surface area contributed by atoms with Gasteiger partial charge in [0.2, 0.25) is 0 Å². The van der Waals surface area contributed by atoms with Gasteiger partial charge in [0, 0.05) is 23.7 Å². The number of nitrogens with zero attached hydrogens (tertiary/aromatic N) is 2. The molecule has 0 aliphatic heterocycles. The van der Waals surface area contributed by atoms with Crippen LogP contribution in [0.15, 0.2) is 59.8 Å². The van der Waals surface area contributed by atoms with Crippen molar-refractivity contribution in [3.05, 3.63) is 65.7 Å². The number of nitrogens with one attached hydrogen (secondary N) is 1. The number of hydrogen-bond acceptors (Lipinski definition) is 6. The number of carbonyl (C=O) groups is 1. The normalized spacial score (nSPS) is 13.3. The van der Waals surface area contributed by atoms with Crippen LogP contribution in [-0.2, 0) is 4.74 Å². The number of amides is 1. The van der Waals surface area contributed by atoms with E-state index in [2.05, 4.69) is 16.6 Å². The molecule has 1 amide bonds. The lowest BCUT2D eigenvalue weighted by Crippen LogP contribution is -2.42. The number of unbranched alkanes of at least 4 members (excludes halogenated alkanes) is 1. The second kappa shape index (κ2) is 10.6. The number of rotatable bonds is 8. The first-order valence-corrected chi connectivity index (χ1v) is 10.8. The van der Waals surface area contributed by atoms with E-state index in [4.69, 9.17) is 15.9 Å². The van der Waals surface area contributed by atoms with E-state index in [1.54, 1.807) is 20.8 Å². The summed E-state index contributed by atoms with van der Waals surface area (Å²) in [5.74, 6) is 0.701. The maximum atomic E-state index is 11.8. The van der Waals surface area contributed by atoms with Gasteiger partial charge in [0.15, 0.2) is 0 Å². The van der Waals surface area contributed by atoms with Gasteiger partial charge in [-0.25, -0.2) is 15.2 Å². The molecule has 7 heteroatoms. The Bertz CT molecular complexity index is 1090. The number of carbonyl (C=O) groups excluding carboxylic acids is 1. The summed E-state index contributed by atoms with van der Waals surface area (Å²) in [6.07, 6.45) is 10.3. The molecule has 1 aliphatic rings. The Morgan fingerprint density at radius 3 is 2.58 bits per heavy atom. The van der Waals surface area contributed by atoms with Crippen molar-refractivity contribution in [3.63, 3.8) is 0 Å². The van der Waals surface area contributed by atoms with Crippen LogP contribution in [0.25, 0.3) is 11.1 Å². The molecule has 7 nitrogen and oxygen atoms in total. The summed E-state index contributed by atoms with van der Waals surface area (Å²) in [4.78, 5) is 11.8. The van der Waals surface area contributed by atoms with Crippen LogP contribution in [0.5, 0.6) is 5.75 Å². The van der Waals surface area contributed by atoms with Crippen LogP contribution in [0.4, 0.5) is 4.79 Å². The molecule has 0 bridgehead atoms. The van der Waals surface area contributed by atoms with Gasteiger partial charge < -0.3 is 14.7 Å². The summed E-state index contributed by atoms with van der Waals surface area (Å²) in [6, 6.07) is 16.1. The molecule has 1 aliphatic carbocycles.